The fraction of sp³-hybridized carbons (Fsp3) is 0.750. The van der Waals surface area contributed by atoms with Gasteiger partial charge in [0.15, 0.2) is 0 Å². The van der Waals surface area contributed by atoms with Gasteiger partial charge < -0.3 is 26.2 Å². The minimum atomic E-state index is -1.22. The van der Waals surface area contributed by atoms with Crippen LogP contribution in [-0.4, -0.2) is 53.4 Å². The van der Waals surface area contributed by atoms with Gasteiger partial charge in [0.25, 0.3) is 0 Å². The van der Waals surface area contributed by atoms with Crippen LogP contribution in [0.4, 0.5) is 4.79 Å². The molecule has 0 heterocycles. The van der Waals surface area contributed by atoms with Gasteiger partial charge >= 0.3 is 12.0 Å². The van der Waals surface area contributed by atoms with E-state index in [1.54, 1.807) is 0 Å². The number of carbonyl (C=O) groups excluding carboxylic acids is 2. The minimum absolute atomic E-state index is 0.0722. The number of aliphatic hydroxyl groups is 1. The van der Waals surface area contributed by atoms with E-state index in [0.29, 0.717) is 0 Å². The molecule has 0 aliphatic heterocycles. The van der Waals surface area contributed by atoms with Gasteiger partial charge in [-0.05, 0) is 13.3 Å². The van der Waals surface area contributed by atoms with Crippen LogP contribution < -0.4 is 16.0 Å². The highest BCUT2D eigenvalue weighted by molar-refractivity contribution is 5.83. The Morgan fingerprint density at radius 3 is 2.35 bits per heavy atom. The molecule has 2 unspecified atom stereocenters. The van der Waals surface area contributed by atoms with Crippen LogP contribution in [0.25, 0.3) is 0 Å². The summed E-state index contributed by atoms with van der Waals surface area (Å²) in [6.45, 7) is 3.60. The third kappa shape index (κ3) is 8.30. The highest BCUT2D eigenvalue weighted by Gasteiger charge is 2.18. The van der Waals surface area contributed by atoms with Crippen molar-refractivity contribution in [1.29, 1.82) is 0 Å². The molecule has 2 atom stereocenters. The first-order chi connectivity index (χ1) is 9.40. The Kier molecular flexibility index (Phi) is 9.10. The quantitative estimate of drug-likeness (QED) is 0.388. The van der Waals surface area contributed by atoms with Crippen molar-refractivity contribution in [3.05, 3.63) is 0 Å². The number of nitrogens with one attached hydrogen (secondary N) is 3. The maximum absolute atomic E-state index is 11.4. The SMILES string of the molecule is CCC(C)NC(=O)CCNC(=O)NC(CCO)C(=O)O. The van der Waals surface area contributed by atoms with Crippen LogP contribution in [0.15, 0.2) is 0 Å². The largest absolute Gasteiger partial charge is 0.480 e. The molecule has 0 aromatic rings. The van der Waals surface area contributed by atoms with E-state index in [1.165, 1.54) is 0 Å². The molecule has 20 heavy (non-hydrogen) atoms. The number of hydrogen-bond acceptors (Lipinski definition) is 4. The van der Waals surface area contributed by atoms with Gasteiger partial charge in [-0.15, -0.1) is 0 Å². The molecule has 0 radical (unpaired) electrons. The van der Waals surface area contributed by atoms with Crippen LogP contribution >= 0.6 is 0 Å². The topological polar surface area (TPSA) is 128 Å². The number of carboxylic acids is 1. The van der Waals surface area contributed by atoms with Crippen LogP contribution in [0.5, 0.6) is 0 Å². The third-order valence-corrected chi connectivity index (χ3v) is 2.68. The average Bonchev–Trinajstić information content (AvgIpc) is 2.37. The van der Waals surface area contributed by atoms with Gasteiger partial charge in [-0.2, -0.15) is 0 Å². The predicted octanol–water partition coefficient (Wildman–Crippen LogP) is -0.574. The molecule has 0 fully saturated rings. The molecule has 0 spiro atoms. The van der Waals surface area contributed by atoms with Crippen molar-refractivity contribution in [3.8, 4) is 0 Å². The van der Waals surface area contributed by atoms with Crippen LogP contribution in [0.3, 0.4) is 0 Å². The standard InChI is InChI=1S/C12H23N3O5/c1-3-8(2)14-10(17)4-6-13-12(20)15-9(5-7-16)11(18)19/h8-9,16H,3-7H2,1-2H3,(H,14,17)(H,18,19)(H2,13,15,20). The monoisotopic (exact) mass is 289 g/mol. The maximum atomic E-state index is 11.4. The number of amides is 3. The second kappa shape index (κ2) is 10.0. The molecule has 116 valence electrons. The number of aliphatic hydroxyl groups excluding tert-OH is 1. The predicted molar refractivity (Wildman–Crippen MR) is 72.2 cm³/mol. The normalized spacial score (nSPS) is 13.2. The van der Waals surface area contributed by atoms with Gasteiger partial charge in [-0.25, -0.2) is 9.59 Å². The van der Waals surface area contributed by atoms with Crippen molar-refractivity contribution < 1.29 is 24.6 Å². The molecule has 0 saturated heterocycles. The smallest absolute Gasteiger partial charge is 0.326 e. The van der Waals surface area contributed by atoms with Crippen molar-refractivity contribution >= 4 is 17.9 Å². The number of carbonyl (C=O) groups is 3. The van der Waals surface area contributed by atoms with E-state index in [0.717, 1.165) is 6.42 Å². The van der Waals surface area contributed by atoms with Gasteiger partial charge in [0.05, 0.1) is 0 Å². The fourth-order valence-corrected chi connectivity index (χ4v) is 1.33. The number of carboxylic acid groups (broad SMARTS) is 1. The second-order valence-electron chi connectivity index (χ2n) is 4.43. The Morgan fingerprint density at radius 1 is 1.20 bits per heavy atom. The minimum Gasteiger partial charge on any atom is -0.480 e. The molecule has 0 saturated carbocycles. The van der Waals surface area contributed by atoms with Gasteiger partial charge in [0.1, 0.15) is 6.04 Å². The first kappa shape index (κ1) is 18.2. The summed E-state index contributed by atoms with van der Waals surface area (Å²) in [6.07, 6.45) is 0.869. The lowest BCUT2D eigenvalue weighted by Gasteiger charge is -2.14. The zero-order valence-electron chi connectivity index (χ0n) is 11.8. The Bertz CT molecular complexity index is 335. The summed E-state index contributed by atoms with van der Waals surface area (Å²) < 4.78 is 0. The second-order valence-corrected chi connectivity index (χ2v) is 4.43. The van der Waals surface area contributed by atoms with Gasteiger partial charge in [-0.3, -0.25) is 4.79 Å². The molecule has 8 nitrogen and oxygen atoms in total. The molecule has 3 amide bonds. The average molecular weight is 289 g/mol. The summed E-state index contributed by atoms with van der Waals surface area (Å²) in [5.74, 6) is -1.39. The zero-order chi connectivity index (χ0) is 15.5. The van der Waals surface area contributed by atoms with E-state index < -0.39 is 18.0 Å². The van der Waals surface area contributed by atoms with Crippen molar-refractivity contribution in [3.63, 3.8) is 0 Å². The first-order valence-electron chi connectivity index (χ1n) is 6.58. The fourth-order valence-electron chi connectivity index (χ4n) is 1.33. The van der Waals surface area contributed by atoms with Crippen LogP contribution in [0, 0.1) is 0 Å². The van der Waals surface area contributed by atoms with Crippen molar-refractivity contribution in [2.75, 3.05) is 13.2 Å². The molecule has 0 aromatic heterocycles. The van der Waals surface area contributed by atoms with Gasteiger partial charge in [0.2, 0.25) is 5.91 Å². The molecule has 5 N–H and O–H groups in total. The highest BCUT2D eigenvalue weighted by Crippen LogP contribution is 1.92. The summed E-state index contributed by atoms with van der Waals surface area (Å²) >= 11 is 0. The Morgan fingerprint density at radius 2 is 1.85 bits per heavy atom. The van der Waals surface area contributed by atoms with Crippen LogP contribution in [-0.2, 0) is 9.59 Å². The molecular formula is C12H23N3O5. The molecule has 0 rings (SSSR count). The summed E-state index contributed by atoms with van der Waals surface area (Å²) in [4.78, 5) is 33.6. The molecule has 0 aromatic carbocycles. The molecule has 8 heteroatoms. The molecular weight excluding hydrogens is 266 g/mol. The van der Waals surface area contributed by atoms with Crippen molar-refractivity contribution in [2.24, 2.45) is 0 Å². The van der Waals surface area contributed by atoms with Crippen LogP contribution in [0.2, 0.25) is 0 Å². The zero-order valence-corrected chi connectivity index (χ0v) is 11.8. The van der Waals surface area contributed by atoms with E-state index in [4.69, 9.17) is 10.2 Å². The summed E-state index contributed by atoms with van der Waals surface area (Å²) in [5.41, 5.74) is 0. The van der Waals surface area contributed by atoms with E-state index >= 15 is 0 Å². The molecule has 0 bridgehead atoms. The number of hydrogen-bond donors (Lipinski definition) is 5. The third-order valence-electron chi connectivity index (χ3n) is 2.68. The molecule has 0 aliphatic carbocycles. The van der Waals surface area contributed by atoms with Crippen molar-refractivity contribution in [1.82, 2.24) is 16.0 Å². The highest BCUT2D eigenvalue weighted by atomic mass is 16.4. The van der Waals surface area contributed by atoms with Crippen LogP contribution in [0.1, 0.15) is 33.1 Å². The van der Waals surface area contributed by atoms with E-state index in [2.05, 4.69) is 16.0 Å². The number of aliphatic carboxylic acids is 1. The summed E-state index contributed by atoms with van der Waals surface area (Å²) in [6, 6.07) is -1.74. The van der Waals surface area contributed by atoms with Crippen molar-refractivity contribution in [2.45, 2.75) is 45.2 Å². The van der Waals surface area contributed by atoms with Gasteiger partial charge in [0, 0.05) is 32.0 Å². The number of rotatable bonds is 9. The summed E-state index contributed by atoms with van der Waals surface area (Å²) in [7, 11) is 0. The lowest BCUT2D eigenvalue weighted by molar-refractivity contribution is -0.139. The molecule has 0 aliphatic rings. The number of urea groups is 1. The first-order valence-corrected chi connectivity index (χ1v) is 6.58. The van der Waals surface area contributed by atoms with E-state index in [-0.39, 0.29) is 37.9 Å². The summed E-state index contributed by atoms with van der Waals surface area (Å²) in [5, 5.41) is 24.8. The van der Waals surface area contributed by atoms with E-state index in [9.17, 15) is 14.4 Å². The Labute approximate surface area is 117 Å². The maximum Gasteiger partial charge on any atom is 0.326 e. The lowest BCUT2D eigenvalue weighted by atomic mass is 10.2. The van der Waals surface area contributed by atoms with Gasteiger partial charge in [-0.1, -0.05) is 6.92 Å². The van der Waals surface area contributed by atoms with E-state index in [1.807, 2.05) is 13.8 Å². The Balaban J connectivity index is 3.93. The lowest BCUT2D eigenvalue weighted by Crippen LogP contribution is -2.47. The Hall–Kier alpha value is -1.83.